The number of hydrogen-bond donors (Lipinski definition) is 2. The van der Waals surface area contributed by atoms with Crippen LogP contribution in [0.2, 0.25) is 0 Å². The average Bonchev–Trinajstić information content (AvgIpc) is 2.65. The molecule has 1 unspecified atom stereocenters. The number of aliphatic hydroxyl groups excluding tert-OH is 2. The molecule has 1 aromatic rings. The maximum atomic E-state index is 9.05. The third-order valence-electron chi connectivity index (χ3n) is 1.57. The van der Waals surface area contributed by atoms with Crippen molar-refractivity contribution in [3.05, 3.63) is 11.7 Å². The maximum Gasteiger partial charge on any atom is 0.236 e. The third-order valence-corrected chi connectivity index (χ3v) is 2.64. The van der Waals surface area contributed by atoms with E-state index in [2.05, 4.69) is 10.1 Å². The van der Waals surface area contributed by atoms with Crippen molar-refractivity contribution >= 4 is 11.8 Å². The Balaban J connectivity index is 2.24. The summed E-state index contributed by atoms with van der Waals surface area (Å²) in [6, 6.07) is 0. The summed E-state index contributed by atoms with van der Waals surface area (Å²) in [4.78, 5) is 4.11. The van der Waals surface area contributed by atoms with E-state index in [1.54, 1.807) is 0 Å². The van der Waals surface area contributed by atoms with Crippen LogP contribution in [-0.4, -0.2) is 38.8 Å². The molecule has 0 radical (unpaired) electrons. The molecule has 0 aliphatic rings. The minimum Gasteiger partial charge on any atom is -0.394 e. The second kappa shape index (κ2) is 6.00. The van der Waals surface area contributed by atoms with Crippen LogP contribution in [0.1, 0.15) is 18.6 Å². The van der Waals surface area contributed by atoms with Gasteiger partial charge < -0.3 is 14.7 Å². The lowest BCUT2D eigenvalue weighted by molar-refractivity contribution is 0.113. The molecule has 0 saturated heterocycles. The lowest BCUT2D eigenvalue weighted by atomic mass is 10.4. The van der Waals surface area contributed by atoms with Gasteiger partial charge in [-0.15, -0.1) is 11.8 Å². The number of aryl methyl sites for hydroxylation is 1. The zero-order chi connectivity index (χ0) is 10.4. The smallest absolute Gasteiger partial charge is 0.236 e. The average molecular weight is 218 g/mol. The fraction of sp³-hybridized carbons (Fsp3) is 0.750. The minimum absolute atomic E-state index is 0.211. The Morgan fingerprint density at radius 3 is 2.93 bits per heavy atom. The van der Waals surface area contributed by atoms with Crippen LogP contribution < -0.4 is 0 Å². The quantitative estimate of drug-likeness (QED) is 0.711. The Kier molecular flexibility index (Phi) is 4.92. The van der Waals surface area contributed by atoms with Gasteiger partial charge in [0.2, 0.25) is 5.89 Å². The summed E-state index contributed by atoms with van der Waals surface area (Å²) in [7, 11) is 0. The first kappa shape index (κ1) is 11.5. The van der Waals surface area contributed by atoms with E-state index in [-0.39, 0.29) is 6.61 Å². The van der Waals surface area contributed by atoms with Crippen molar-refractivity contribution in [3.8, 4) is 0 Å². The van der Waals surface area contributed by atoms with Crippen molar-refractivity contribution in [1.29, 1.82) is 0 Å². The standard InChI is InChI=1S/C8H14N2O3S/c1-2-7-9-8(13-10-7)5-14-4-6(12)3-11/h6,11-12H,2-5H2,1H3. The molecule has 1 atom stereocenters. The van der Waals surface area contributed by atoms with Crippen LogP contribution in [0.5, 0.6) is 0 Å². The molecule has 1 rings (SSSR count). The van der Waals surface area contributed by atoms with Gasteiger partial charge in [0.15, 0.2) is 5.82 Å². The minimum atomic E-state index is -0.673. The van der Waals surface area contributed by atoms with Crippen molar-refractivity contribution in [2.75, 3.05) is 12.4 Å². The van der Waals surface area contributed by atoms with Gasteiger partial charge in [-0.3, -0.25) is 0 Å². The lowest BCUT2D eigenvalue weighted by Gasteiger charge is -2.03. The van der Waals surface area contributed by atoms with Gasteiger partial charge in [-0.25, -0.2) is 0 Å². The van der Waals surface area contributed by atoms with E-state index in [1.165, 1.54) is 11.8 Å². The van der Waals surface area contributed by atoms with Gasteiger partial charge in [-0.1, -0.05) is 12.1 Å². The van der Waals surface area contributed by atoms with Crippen LogP contribution in [0.25, 0.3) is 0 Å². The first-order valence-corrected chi connectivity index (χ1v) is 5.59. The molecule has 1 heterocycles. The van der Waals surface area contributed by atoms with Crippen LogP contribution in [0.4, 0.5) is 0 Å². The van der Waals surface area contributed by atoms with E-state index in [9.17, 15) is 0 Å². The molecule has 0 aromatic carbocycles. The van der Waals surface area contributed by atoms with Crippen LogP contribution in [0.3, 0.4) is 0 Å². The molecule has 0 aliphatic heterocycles. The van der Waals surface area contributed by atoms with Gasteiger partial charge in [0.1, 0.15) is 0 Å². The Hall–Kier alpha value is -0.590. The van der Waals surface area contributed by atoms with Crippen molar-refractivity contribution in [1.82, 2.24) is 10.1 Å². The number of hydrogen-bond acceptors (Lipinski definition) is 6. The summed E-state index contributed by atoms with van der Waals surface area (Å²) in [6.07, 6.45) is 0.0847. The summed E-state index contributed by atoms with van der Waals surface area (Å²) < 4.78 is 4.94. The van der Waals surface area contributed by atoms with Gasteiger partial charge in [-0.05, 0) is 0 Å². The van der Waals surface area contributed by atoms with E-state index in [0.717, 1.165) is 6.42 Å². The largest absolute Gasteiger partial charge is 0.394 e. The third kappa shape index (κ3) is 3.65. The summed E-state index contributed by atoms with van der Waals surface area (Å²) in [5.74, 6) is 2.31. The fourth-order valence-electron chi connectivity index (χ4n) is 0.827. The van der Waals surface area contributed by atoms with E-state index < -0.39 is 6.10 Å². The second-order valence-electron chi connectivity index (χ2n) is 2.81. The Labute approximate surface area is 86.5 Å². The van der Waals surface area contributed by atoms with Gasteiger partial charge >= 0.3 is 0 Å². The molecule has 6 heteroatoms. The predicted molar refractivity (Wildman–Crippen MR) is 52.9 cm³/mol. The monoisotopic (exact) mass is 218 g/mol. The molecule has 0 bridgehead atoms. The molecule has 0 spiro atoms. The number of aromatic nitrogens is 2. The highest BCUT2D eigenvalue weighted by Gasteiger charge is 2.06. The van der Waals surface area contributed by atoms with Crippen molar-refractivity contribution in [2.24, 2.45) is 0 Å². The molecule has 0 amide bonds. The highest BCUT2D eigenvalue weighted by molar-refractivity contribution is 7.98. The summed E-state index contributed by atoms with van der Waals surface area (Å²) in [5, 5.41) is 21.4. The highest BCUT2D eigenvalue weighted by Crippen LogP contribution is 2.11. The molecule has 2 N–H and O–H groups in total. The molecule has 5 nitrogen and oxygen atoms in total. The first-order chi connectivity index (χ1) is 6.76. The molecular formula is C8H14N2O3S. The number of nitrogens with zero attached hydrogens (tertiary/aromatic N) is 2. The highest BCUT2D eigenvalue weighted by atomic mass is 32.2. The number of rotatable bonds is 6. The van der Waals surface area contributed by atoms with Crippen LogP contribution >= 0.6 is 11.8 Å². The maximum absolute atomic E-state index is 9.05. The van der Waals surface area contributed by atoms with Gasteiger partial charge in [0, 0.05) is 12.2 Å². The lowest BCUT2D eigenvalue weighted by Crippen LogP contribution is -2.14. The van der Waals surface area contributed by atoms with Crippen molar-refractivity contribution < 1.29 is 14.7 Å². The van der Waals surface area contributed by atoms with E-state index in [4.69, 9.17) is 14.7 Å². The molecule has 80 valence electrons. The Morgan fingerprint density at radius 2 is 2.36 bits per heavy atom. The molecule has 14 heavy (non-hydrogen) atoms. The summed E-state index contributed by atoms with van der Waals surface area (Å²) >= 11 is 1.46. The topological polar surface area (TPSA) is 79.4 Å². The molecule has 0 fully saturated rings. The van der Waals surface area contributed by atoms with E-state index in [1.807, 2.05) is 6.92 Å². The van der Waals surface area contributed by atoms with Crippen molar-refractivity contribution in [2.45, 2.75) is 25.2 Å². The molecular weight excluding hydrogens is 204 g/mol. The van der Waals surface area contributed by atoms with E-state index >= 15 is 0 Å². The molecule has 0 aliphatic carbocycles. The summed E-state index contributed by atoms with van der Waals surface area (Å²) in [5.41, 5.74) is 0. The van der Waals surface area contributed by atoms with Gasteiger partial charge in [0.25, 0.3) is 0 Å². The van der Waals surface area contributed by atoms with Crippen LogP contribution in [0, 0.1) is 0 Å². The summed E-state index contributed by atoms with van der Waals surface area (Å²) in [6.45, 7) is 1.74. The second-order valence-corrected chi connectivity index (χ2v) is 3.84. The molecule has 1 aromatic heterocycles. The normalized spacial score (nSPS) is 13.1. The van der Waals surface area contributed by atoms with Crippen LogP contribution in [0.15, 0.2) is 4.52 Å². The van der Waals surface area contributed by atoms with E-state index in [0.29, 0.717) is 23.2 Å². The fourth-order valence-corrected chi connectivity index (χ4v) is 1.61. The van der Waals surface area contributed by atoms with Crippen LogP contribution in [-0.2, 0) is 12.2 Å². The van der Waals surface area contributed by atoms with Crippen molar-refractivity contribution in [3.63, 3.8) is 0 Å². The number of thioether (sulfide) groups is 1. The molecule has 0 saturated carbocycles. The zero-order valence-electron chi connectivity index (χ0n) is 8.01. The zero-order valence-corrected chi connectivity index (χ0v) is 8.83. The Morgan fingerprint density at radius 1 is 1.57 bits per heavy atom. The first-order valence-electron chi connectivity index (χ1n) is 4.44. The van der Waals surface area contributed by atoms with Gasteiger partial charge in [-0.2, -0.15) is 4.98 Å². The SMILES string of the molecule is CCc1noc(CSCC(O)CO)n1. The van der Waals surface area contributed by atoms with Gasteiger partial charge in [0.05, 0.1) is 18.5 Å². The predicted octanol–water partition coefficient (Wildman–Crippen LogP) is 0.218. The Bertz CT molecular complexity index is 267. The number of aliphatic hydroxyl groups is 2.